The summed E-state index contributed by atoms with van der Waals surface area (Å²) >= 11 is 6.21. The van der Waals surface area contributed by atoms with Gasteiger partial charge in [-0.15, -0.1) is 0 Å². The first kappa shape index (κ1) is 27.1. The number of aliphatic hydroxyl groups is 1. The van der Waals surface area contributed by atoms with Gasteiger partial charge < -0.3 is 23.7 Å². The molecule has 0 aliphatic carbocycles. The molecule has 0 spiro atoms. The molecule has 2 heterocycles. The highest BCUT2D eigenvalue weighted by atomic mass is 35.5. The van der Waals surface area contributed by atoms with Gasteiger partial charge in [0.25, 0.3) is 5.91 Å². The zero-order valence-electron chi connectivity index (χ0n) is 22.5. The Labute approximate surface area is 236 Å². The van der Waals surface area contributed by atoms with Gasteiger partial charge in [-0.1, -0.05) is 41.4 Å². The van der Waals surface area contributed by atoms with E-state index in [1.165, 1.54) is 18.1 Å². The lowest BCUT2D eigenvalue weighted by Gasteiger charge is -2.27. The van der Waals surface area contributed by atoms with Crippen LogP contribution in [0.1, 0.15) is 41.6 Å². The van der Waals surface area contributed by atoms with Gasteiger partial charge in [0, 0.05) is 28.2 Å². The van der Waals surface area contributed by atoms with Crippen LogP contribution in [0, 0.1) is 6.92 Å². The topological polar surface area (TPSA) is 98.4 Å². The third-order valence-electron chi connectivity index (χ3n) is 6.61. The van der Waals surface area contributed by atoms with Crippen molar-refractivity contribution in [2.45, 2.75) is 26.8 Å². The second-order valence-electron chi connectivity index (χ2n) is 9.22. The van der Waals surface area contributed by atoms with E-state index in [0.717, 1.165) is 5.56 Å². The predicted molar refractivity (Wildman–Crippen MR) is 152 cm³/mol. The first-order chi connectivity index (χ1) is 19.3. The number of fused-ring (bicyclic) bond motifs is 1. The lowest BCUT2D eigenvalue weighted by molar-refractivity contribution is -0.117. The number of benzene rings is 3. The molecule has 8 nitrogen and oxygen atoms in total. The van der Waals surface area contributed by atoms with E-state index < -0.39 is 23.5 Å². The van der Waals surface area contributed by atoms with E-state index in [9.17, 15) is 14.7 Å². The lowest BCUT2D eigenvalue weighted by Crippen LogP contribution is -2.31. The highest BCUT2D eigenvalue weighted by molar-refractivity contribution is 6.31. The number of aryl methyl sites for hydroxylation is 1. The normalized spacial score (nSPS) is 15.2. The van der Waals surface area contributed by atoms with E-state index in [1.807, 2.05) is 45.0 Å². The molecule has 0 saturated carbocycles. The van der Waals surface area contributed by atoms with E-state index in [-0.39, 0.29) is 11.3 Å². The molecular weight excluding hydrogens is 534 g/mol. The van der Waals surface area contributed by atoms with Crippen molar-refractivity contribution in [3.05, 3.63) is 93.9 Å². The fourth-order valence-electron chi connectivity index (χ4n) is 4.93. The zero-order chi connectivity index (χ0) is 28.6. The van der Waals surface area contributed by atoms with Crippen LogP contribution in [0.2, 0.25) is 5.02 Å². The van der Waals surface area contributed by atoms with E-state index in [4.69, 9.17) is 30.2 Å². The monoisotopic (exact) mass is 561 g/mol. The van der Waals surface area contributed by atoms with Crippen LogP contribution < -0.4 is 19.1 Å². The van der Waals surface area contributed by atoms with E-state index in [0.29, 0.717) is 57.7 Å². The van der Waals surface area contributed by atoms with Gasteiger partial charge in [-0.3, -0.25) is 14.5 Å². The molecule has 0 saturated heterocycles. The number of methoxy groups -OCH3 is 1. The maximum atomic E-state index is 14.0. The number of anilines is 1. The molecule has 40 heavy (non-hydrogen) atoms. The predicted octanol–water partition coefficient (Wildman–Crippen LogP) is 6.98. The number of amides is 1. The Kier molecular flexibility index (Phi) is 7.45. The molecule has 206 valence electrons. The quantitative estimate of drug-likeness (QED) is 0.220. The number of furan rings is 1. The molecule has 1 N–H and O–H groups in total. The van der Waals surface area contributed by atoms with Gasteiger partial charge in [0.1, 0.15) is 0 Å². The Morgan fingerprint density at radius 1 is 1.00 bits per heavy atom. The molecule has 0 fully saturated rings. The van der Waals surface area contributed by atoms with Crippen LogP contribution >= 0.6 is 11.6 Å². The number of nitrogens with zero attached hydrogens (tertiary/aromatic N) is 1. The van der Waals surface area contributed by atoms with Crippen molar-refractivity contribution in [1.29, 1.82) is 0 Å². The summed E-state index contributed by atoms with van der Waals surface area (Å²) in [6, 6.07) is 16.3. The number of hydrogen-bond acceptors (Lipinski definition) is 7. The van der Waals surface area contributed by atoms with E-state index >= 15 is 0 Å². The zero-order valence-corrected chi connectivity index (χ0v) is 23.2. The fraction of sp³-hybridized carbons (Fsp3) is 0.226. The van der Waals surface area contributed by atoms with E-state index in [2.05, 4.69) is 0 Å². The summed E-state index contributed by atoms with van der Waals surface area (Å²) in [5.74, 6) is -0.756. The summed E-state index contributed by atoms with van der Waals surface area (Å²) in [6.07, 6.45) is 0. The van der Waals surface area contributed by atoms with Crippen LogP contribution in [0.25, 0.3) is 11.0 Å². The smallest absolute Gasteiger partial charge is 0.294 e. The molecule has 5 rings (SSSR count). The lowest BCUT2D eigenvalue weighted by atomic mass is 9.93. The number of carbonyl (C=O) groups excluding carboxylic acids is 2. The molecule has 1 atom stereocenters. The van der Waals surface area contributed by atoms with Crippen molar-refractivity contribution >= 4 is 39.9 Å². The summed E-state index contributed by atoms with van der Waals surface area (Å²) in [4.78, 5) is 29.0. The average Bonchev–Trinajstić information content (AvgIpc) is 3.48. The Balaban J connectivity index is 1.65. The van der Waals surface area contributed by atoms with Crippen LogP contribution in [0.5, 0.6) is 17.2 Å². The van der Waals surface area contributed by atoms with Crippen LogP contribution in [-0.2, 0) is 4.79 Å². The third-order valence-corrected chi connectivity index (χ3v) is 6.82. The molecule has 4 aromatic rings. The summed E-state index contributed by atoms with van der Waals surface area (Å²) < 4.78 is 22.7. The minimum absolute atomic E-state index is 0.0638. The molecule has 0 bridgehead atoms. The van der Waals surface area contributed by atoms with Crippen LogP contribution in [0.4, 0.5) is 5.69 Å². The first-order valence-corrected chi connectivity index (χ1v) is 13.2. The Hall–Kier alpha value is -4.43. The number of ketones is 1. The molecule has 0 radical (unpaired) electrons. The highest BCUT2D eigenvalue weighted by Crippen LogP contribution is 2.45. The largest absolute Gasteiger partial charge is 0.503 e. The van der Waals surface area contributed by atoms with Crippen LogP contribution in [-0.4, -0.2) is 37.1 Å². The van der Waals surface area contributed by atoms with Crippen LogP contribution in [0.15, 0.2) is 76.4 Å². The van der Waals surface area contributed by atoms with Gasteiger partial charge in [0.2, 0.25) is 5.78 Å². The number of halogens is 1. The van der Waals surface area contributed by atoms with Crippen molar-refractivity contribution in [3.8, 4) is 17.2 Å². The maximum Gasteiger partial charge on any atom is 0.294 e. The molecule has 1 aromatic heterocycles. The molecule has 1 aliphatic heterocycles. The van der Waals surface area contributed by atoms with Crippen molar-refractivity contribution in [3.63, 3.8) is 0 Å². The highest BCUT2D eigenvalue weighted by Gasteiger charge is 2.45. The number of carbonyl (C=O) groups is 2. The van der Waals surface area contributed by atoms with Crippen molar-refractivity contribution in [2.24, 2.45) is 0 Å². The van der Waals surface area contributed by atoms with Crippen LogP contribution in [0.3, 0.4) is 0 Å². The third kappa shape index (κ3) is 4.75. The van der Waals surface area contributed by atoms with Crippen molar-refractivity contribution in [2.75, 3.05) is 25.2 Å². The van der Waals surface area contributed by atoms with Gasteiger partial charge in [-0.25, -0.2) is 0 Å². The summed E-state index contributed by atoms with van der Waals surface area (Å²) in [7, 11) is 1.47. The Morgan fingerprint density at radius 2 is 1.75 bits per heavy atom. The fourth-order valence-corrected chi connectivity index (χ4v) is 5.15. The van der Waals surface area contributed by atoms with Gasteiger partial charge in [0.05, 0.1) is 31.9 Å². The summed E-state index contributed by atoms with van der Waals surface area (Å²) in [6.45, 7) is 6.44. The average molecular weight is 562 g/mol. The summed E-state index contributed by atoms with van der Waals surface area (Å²) in [5.41, 5.74) is 2.22. The SMILES string of the molecule is CCOc1ccc(N2C(=O)C(O)=C(C(=O)c3cc4cc(Cl)cc(OC)c4o3)C2c2cccc(C)c2)cc1OCC. The molecule has 3 aromatic carbocycles. The van der Waals surface area contributed by atoms with Gasteiger partial charge >= 0.3 is 0 Å². The van der Waals surface area contributed by atoms with Crippen molar-refractivity contribution in [1.82, 2.24) is 0 Å². The number of hydrogen-bond donors (Lipinski definition) is 1. The molecule has 1 unspecified atom stereocenters. The van der Waals surface area contributed by atoms with Gasteiger partial charge in [-0.05, 0) is 50.6 Å². The minimum atomic E-state index is -0.939. The second-order valence-corrected chi connectivity index (χ2v) is 9.65. The number of rotatable bonds is 9. The maximum absolute atomic E-state index is 14.0. The standard InChI is InChI=1S/C31H28ClNO7/c1-5-38-22-11-10-21(16-23(22)39-6-2)33-27(18-9-7-8-17(3)12-18)26(29(35)31(33)36)28(34)24-14-19-13-20(32)15-25(37-4)30(19)40-24/h7-16,27,35H,5-6H2,1-4H3. The van der Waals surface area contributed by atoms with E-state index in [1.54, 1.807) is 30.3 Å². The number of ether oxygens (including phenoxy) is 3. The first-order valence-electron chi connectivity index (χ1n) is 12.8. The minimum Gasteiger partial charge on any atom is -0.503 e. The second kappa shape index (κ2) is 11.0. The molecule has 1 aliphatic rings. The Morgan fingerprint density at radius 3 is 2.45 bits per heavy atom. The number of aliphatic hydroxyl groups excluding tert-OH is 1. The summed E-state index contributed by atoms with van der Waals surface area (Å²) in [5, 5.41) is 12.1. The van der Waals surface area contributed by atoms with Crippen molar-refractivity contribution < 1.29 is 33.3 Å². The van der Waals surface area contributed by atoms with Gasteiger partial charge in [-0.2, -0.15) is 0 Å². The molecule has 1 amide bonds. The Bertz CT molecular complexity index is 1650. The molecule has 9 heteroatoms. The number of Topliss-reactive ketones (excluding diaryl/α,β-unsaturated/α-hetero) is 1. The van der Waals surface area contributed by atoms with Gasteiger partial charge in [0.15, 0.2) is 34.4 Å². The molecular formula is C31H28ClNO7.